The van der Waals surface area contributed by atoms with E-state index in [1.54, 1.807) is 30.3 Å². The maximum atomic E-state index is 10.4. The van der Waals surface area contributed by atoms with Crippen LogP contribution in [0.3, 0.4) is 0 Å². The number of benzene rings is 2. The molecule has 4 aromatic rings. The van der Waals surface area contributed by atoms with Crippen LogP contribution < -0.4 is 28.7 Å². The van der Waals surface area contributed by atoms with Crippen LogP contribution in [0.2, 0.25) is 0 Å². The average Bonchev–Trinajstić information content (AvgIpc) is 3.04. The first-order chi connectivity index (χ1) is 22.4. The van der Waals surface area contributed by atoms with Crippen molar-refractivity contribution >= 4 is 11.9 Å². The molecule has 14 nitrogen and oxygen atoms in total. The Hall–Kier alpha value is -4.98. The van der Waals surface area contributed by atoms with E-state index < -0.39 is 6.61 Å². The van der Waals surface area contributed by atoms with Crippen molar-refractivity contribution in [1.82, 2.24) is 29.9 Å². The highest BCUT2D eigenvalue weighted by molar-refractivity contribution is 5.47. The highest BCUT2D eigenvalue weighted by Gasteiger charge is 2.20. The minimum atomic E-state index is -0.430. The Kier molecular flexibility index (Phi) is 12.5. The Labute approximate surface area is 269 Å². The molecule has 14 heteroatoms. The van der Waals surface area contributed by atoms with Crippen LogP contribution in [0.15, 0.2) is 42.5 Å². The van der Waals surface area contributed by atoms with E-state index in [0.29, 0.717) is 36.3 Å². The lowest BCUT2D eigenvalue weighted by Gasteiger charge is -2.22. The van der Waals surface area contributed by atoms with Crippen LogP contribution in [-0.4, -0.2) is 73.4 Å². The maximum Gasteiger partial charge on any atom is 0.330 e. The Morgan fingerprint density at radius 1 is 0.609 bits per heavy atom. The summed E-state index contributed by atoms with van der Waals surface area (Å²) in [6.07, 6.45) is 3.56. The summed E-state index contributed by atoms with van der Waals surface area (Å²) >= 11 is 0. The molecule has 2 aromatic heterocycles. The van der Waals surface area contributed by atoms with Gasteiger partial charge in [-0.15, -0.1) is 9.97 Å². The summed E-state index contributed by atoms with van der Waals surface area (Å²) in [5.41, 5.74) is 0.318. The molecule has 246 valence electrons. The zero-order valence-electron chi connectivity index (χ0n) is 27.0. The minimum absolute atomic E-state index is 0.00456. The smallest absolute Gasteiger partial charge is 0.330 e. The quantitative estimate of drug-likeness (QED) is 0.133. The Morgan fingerprint density at radius 2 is 1.07 bits per heavy atom. The zero-order valence-corrected chi connectivity index (χ0v) is 27.0. The number of rotatable bonds is 18. The van der Waals surface area contributed by atoms with Gasteiger partial charge in [-0.25, -0.2) is 0 Å². The SMILES string of the molecule is CCCN(CCC)c1nc(OC)nc(Oc2cccc(Oc3nc(Oc4cccc(O)c4)nc(N(CCC)CCC)n3)c2CO)n1. The Morgan fingerprint density at radius 3 is 1.52 bits per heavy atom. The molecule has 46 heavy (non-hydrogen) atoms. The topological polar surface area (TPSA) is 161 Å². The summed E-state index contributed by atoms with van der Waals surface area (Å²) in [5, 5.41) is 20.4. The summed E-state index contributed by atoms with van der Waals surface area (Å²) in [6.45, 7) is 10.8. The fourth-order valence-corrected chi connectivity index (χ4v) is 4.61. The van der Waals surface area contributed by atoms with Crippen LogP contribution in [-0.2, 0) is 6.61 Å². The maximum absolute atomic E-state index is 10.4. The number of phenols is 1. The lowest BCUT2D eigenvalue weighted by atomic mass is 10.2. The van der Waals surface area contributed by atoms with E-state index >= 15 is 0 Å². The van der Waals surface area contributed by atoms with Crippen LogP contribution in [0.5, 0.6) is 47.0 Å². The van der Waals surface area contributed by atoms with Crippen molar-refractivity contribution < 1.29 is 29.2 Å². The number of aliphatic hydroxyl groups excluding tert-OH is 1. The molecule has 2 N–H and O–H groups in total. The van der Waals surface area contributed by atoms with Crippen molar-refractivity contribution in [3.63, 3.8) is 0 Å². The van der Waals surface area contributed by atoms with Crippen LogP contribution in [0, 0.1) is 0 Å². The molecule has 0 aliphatic rings. The average molecular weight is 635 g/mol. The highest BCUT2D eigenvalue weighted by Crippen LogP contribution is 2.35. The van der Waals surface area contributed by atoms with Gasteiger partial charge in [-0.3, -0.25) is 0 Å². The summed E-state index contributed by atoms with van der Waals surface area (Å²) in [4.78, 5) is 30.8. The molecule has 0 saturated heterocycles. The van der Waals surface area contributed by atoms with Gasteiger partial charge in [0.05, 0.1) is 19.3 Å². The van der Waals surface area contributed by atoms with Gasteiger partial charge in [-0.2, -0.15) is 19.9 Å². The van der Waals surface area contributed by atoms with Crippen molar-refractivity contribution in [3.05, 3.63) is 48.0 Å². The summed E-state index contributed by atoms with van der Waals surface area (Å²) in [6, 6.07) is 11.4. The molecular weight excluding hydrogens is 592 g/mol. The number of phenolic OH excluding ortho intramolecular Hbond substituents is 1. The monoisotopic (exact) mass is 634 g/mol. The minimum Gasteiger partial charge on any atom is -0.508 e. The molecule has 4 rings (SSSR count). The first kappa shape index (κ1) is 33.9. The molecule has 0 atom stereocenters. The van der Waals surface area contributed by atoms with Crippen LogP contribution >= 0.6 is 0 Å². The number of anilines is 2. The predicted octanol–water partition coefficient (Wildman–Crippen LogP) is 5.89. The third-order valence-corrected chi connectivity index (χ3v) is 6.56. The van der Waals surface area contributed by atoms with Gasteiger partial charge in [0.15, 0.2) is 0 Å². The van der Waals surface area contributed by atoms with E-state index in [0.717, 1.165) is 38.8 Å². The van der Waals surface area contributed by atoms with Gasteiger partial charge in [0.25, 0.3) is 0 Å². The van der Waals surface area contributed by atoms with E-state index in [4.69, 9.17) is 18.9 Å². The van der Waals surface area contributed by atoms with Gasteiger partial charge >= 0.3 is 24.0 Å². The molecule has 0 saturated carbocycles. The van der Waals surface area contributed by atoms with Gasteiger partial charge in [0.2, 0.25) is 11.9 Å². The fourth-order valence-electron chi connectivity index (χ4n) is 4.61. The third-order valence-electron chi connectivity index (χ3n) is 6.56. The van der Waals surface area contributed by atoms with Crippen LogP contribution in [0.4, 0.5) is 11.9 Å². The number of aromatic hydroxyl groups is 1. The van der Waals surface area contributed by atoms with Gasteiger partial charge < -0.3 is 39.0 Å². The van der Waals surface area contributed by atoms with Crippen molar-refractivity contribution in [3.8, 4) is 47.0 Å². The molecular formula is C32H42N8O6. The lowest BCUT2D eigenvalue weighted by molar-refractivity contribution is 0.268. The highest BCUT2D eigenvalue weighted by atomic mass is 16.5. The van der Waals surface area contributed by atoms with Gasteiger partial charge in [0, 0.05) is 32.2 Å². The molecule has 0 fully saturated rings. The molecule has 0 amide bonds. The fraction of sp³-hybridized carbons (Fsp3) is 0.438. The molecule has 2 heterocycles. The molecule has 0 aliphatic carbocycles. The summed E-state index contributed by atoms with van der Waals surface area (Å²) in [7, 11) is 1.48. The second kappa shape index (κ2) is 16.9. The molecule has 0 spiro atoms. The first-order valence-electron chi connectivity index (χ1n) is 15.5. The number of nitrogens with zero attached hydrogens (tertiary/aromatic N) is 8. The molecule has 2 aromatic carbocycles. The van der Waals surface area contributed by atoms with Crippen molar-refractivity contribution in [2.24, 2.45) is 0 Å². The van der Waals surface area contributed by atoms with Gasteiger partial charge in [-0.05, 0) is 49.9 Å². The second-order valence-corrected chi connectivity index (χ2v) is 10.3. The van der Waals surface area contributed by atoms with E-state index in [1.807, 2.05) is 9.80 Å². The molecule has 0 bridgehead atoms. The number of aromatic nitrogens is 6. The molecule has 0 aliphatic heterocycles. The van der Waals surface area contributed by atoms with E-state index in [9.17, 15) is 10.2 Å². The normalized spacial score (nSPS) is 10.8. The van der Waals surface area contributed by atoms with Crippen LogP contribution in [0.25, 0.3) is 0 Å². The van der Waals surface area contributed by atoms with Gasteiger partial charge in [-0.1, -0.05) is 39.8 Å². The summed E-state index contributed by atoms with van der Waals surface area (Å²) < 4.78 is 23.5. The second-order valence-electron chi connectivity index (χ2n) is 10.3. The standard InChI is InChI=1S/C32H42N8O6/c1-6-16-39(17-7-2)27-33-29(43-5)37-31(35-27)45-25-14-11-15-26(24(25)21-41)46-32-36-28(40(18-8-3)19-9-4)34-30(38-32)44-23-13-10-12-22(42)20-23/h10-15,20,41-42H,6-9,16-19,21H2,1-5H3. The van der Waals surface area contributed by atoms with Crippen LogP contribution in [0.1, 0.15) is 58.9 Å². The largest absolute Gasteiger partial charge is 0.508 e. The van der Waals surface area contributed by atoms with Crippen molar-refractivity contribution in [1.29, 1.82) is 0 Å². The predicted molar refractivity (Wildman–Crippen MR) is 172 cm³/mol. The number of methoxy groups -OCH3 is 1. The number of hydrogen-bond acceptors (Lipinski definition) is 14. The molecule has 0 radical (unpaired) electrons. The van der Waals surface area contributed by atoms with Gasteiger partial charge in [0.1, 0.15) is 23.0 Å². The first-order valence-corrected chi connectivity index (χ1v) is 15.5. The van der Waals surface area contributed by atoms with Crippen molar-refractivity contribution in [2.75, 3.05) is 43.1 Å². The number of ether oxygens (including phenoxy) is 4. The number of hydrogen-bond donors (Lipinski definition) is 2. The zero-order chi connectivity index (χ0) is 32.9. The molecule has 0 unspecified atom stereocenters. The van der Waals surface area contributed by atoms with Crippen molar-refractivity contribution in [2.45, 2.75) is 60.0 Å². The Bertz CT molecular complexity index is 1550. The lowest BCUT2D eigenvalue weighted by Crippen LogP contribution is -2.27. The summed E-state index contributed by atoms with van der Waals surface area (Å²) in [5.74, 6) is 1.70. The van der Waals surface area contributed by atoms with E-state index in [1.165, 1.54) is 19.2 Å². The Balaban J connectivity index is 1.69. The number of aliphatic hydroxyl groups is 1. The van der Waals surface area contributed by atoms with E-state index in [2.05, 4.69) is 57.6 Å². The third kappa shape index (κ3) is 9.03. The van der Waals surface area contributed by atoms with E-state index in [-0.39, 0.29) is 41.3 Å².